The fourth-order valence-electron chi connectivity index (χ4n) is 1.69. The summed E-state index contributed by atoms with van der Waals surface area (Å²) in [6.45, 7) is 1.65. The zero-order chi connectivity index (χ0) is 15.3. The van der Waals surface area contributed by atoms with Crippen molar-refractivity contribution in [2.45, 2.75) is 13.5 Å². The maximum atomic E-state index is 11.8. The van der Waals surface area contributed by atoms with Gasteiger partial charge in [-0.15, -0.1) is 0 Å². The number of carboxylic acids is 1. The Hall–Kier alpha value is -2.37. The minimum absolute atomic E-state index is 0.180. The van der Waals surface area contributed by atoms with Gasteiger partial charge in [0.1, 0.15) is 5.92 Å². The van der Waals surface area contributed by atoms with E-state index < -0.39 is 17.8 Å². The molecule has 0 heterocycles. The molecule has 1 aromatic rings. The van der Waals surface area contributed by atoms with Crippen LogP contribution < -0.4 is 5.32 Å². The predicted octanol–water partition coefficient (Wildman–Crippen LogP) is 0.725. The van der Waals surface area contributed by atoms with Crippen molar-refractivity contribution in [2.24, 2.45) is 5.92 Å². The molecule has 0 aliphatic heterocycles. The topological polar surface area (TPSA) is 86.7 Å². The number of carbonyl (C=O) groups is 3. The van der Waals surface area contributed by atoms with Crippen molar-refractivity contribution in [3.05, 3.63) is 35.4 Å². The van der Waals surface area contributed by atoms with Crippen LogP contribution in [0.5, 0.6) is 0 Å². The number of benzene rings is 1. The molecule has 6 nitrogen and oxygen atoms in total. The van der Waals surface area contributed by atoms with Gasteiger partial charge in [0.25, 0.3) is 5.91 Å². The van der Waals surface area contributed by atoms with Crippen LogP contribution in [0.2, 0.25) is 0 Å². The molecule has 108 valence electrons. The molecular weight excluding hydrogens is 260 g/mol. The smallest absolute Gasteiger partial charge is 0.315 e. The molecular formula is C14H18N2O4. The number of nitrogens with zero attached hydrogens (tertiary/aromatic N) is 1. The molecule has 1 aromatic carbocycles. The Morgan fingerprint density at radius 1 is 1.25 bits per heavy atom. The molecule has 1 unspecified atom stereocenters. The molecule has 2 amide bonds. The van der Waals surface area contributed by atoms with Crippen LogP contribution in [0.4, 0.5) is 0 Å². The first-order chi connectivity index (χ1) is 9.36. The highest BCUT2D eigenvalue weighted by atomic mass is 16.4. The van der Waals surface area contributed by atoms with Crippen LogP contribution >= 0.6 is 0 Å². The van der Waals surface area contributed by atoms with Gasteiger partial charge in [0.15, 0.2) is 0 Å². The first kappa shape index (κ1) is 15.7. The highest BCUT2D eigenvalue weighted by molar-refractivity contribution is 5.96. The summed E-state index contributed by atoms with van der Waals surface area (Å²) in [6.07, 6.45) is 0. The van der Waals surface area contributed by atoms with E-state index in [1.807, 2.05) is 0 Å². The molecule has 0 fully saturated rings. The van der Waals surface area contributed by atoms with Crippen molar-refractivity contribution in [3.63, 3.8) is 0 Å². The zero-order valence-electron chi connectivity index (χ0n) is 11.7. The lowest BCUT2D eigenvalue weighted by molar-refractivity contribution is -0.149. The van der Waals surface area contributed by atoms with Crippen LogP contribution in [0.3, 0.4) is 0 Å². The summed E-state index contributed by atoms with van der Waals surface area (Å²) in [4.78, 5) is 35.3. The van der Waals surface area contributed by atoms with Crippen molar-refractivity contribution in [1.29, 1.82) is 0 Å². The second kappa shape index (κ2) is 6.70. The molecule has 0 bridgehead atoms. The fourth-order valence-corrected chi connectivity index (χ4v) is 1.69. The number of hydrogen-bond acceptors (Lipinski definition) is 3. The molecule has 0 saturated carbocycles. The molecule has 2 N–H and O–H groups in total. The van der Waals surface area contributed by atoms with E-state index in [1.54, 1.807) is 38.4 Å². The molecule has 1 rings (SSSR count). The Morgan fingerprint density at radius 2 is 1.80 bits per heavy atom. The van der Waals surface area contributed by atoms with Crippen LogP contribution in [0.25, 0.3) is 0 Å². The summed E-state index contributed by atoms with van der Waals surface area (Å²) < 4.78 is 0. The van der Waals surface area contributed by atoms with Gasteiger partial charge in [0.2, 0.25) is 5.91 Å². The maximum absolute atomic E-state index is 11.8. The van der Waals surface area contributed by atoms with Gasteiger partial charge in [-0.1, -0.05) is 12.1 Å². The Kier molecular flexibility index (Phi) is 5.25. The van der Waals surface area contributed by atoms with Gasteiger partial charge in [-0.3, -0.25) is 14.4 Å². The third kappa shape index (κ3) is 3.81. The molecule has 0 aliphatic carbocycles. The number of carboxylic acid groups (broad SMARTS) is 1. The molecule has 1 atom stereocenters. The van der Waals surface area contributed by atoms with Crippen molar-refractivity contribution < 1.29 is 19.5 Å². The normalized spacial score (nSPS) is 11.6. The summed E-state index contributed by atoms with van der Waals surface area (Å²) in [5, 5.41) is 11.3. The van der Waals surface area contributed by atoms with Gasteiger partial charge >= 0.3 is 5.97 Å². The number of carbonyl (C=O) groups excluding carboxylic acids is 2. The first-order valence-corrected chi connectivity index (χ1v) is 6.15. The van der Waals surface area contributed by atoms with Gasteiger partial charge in [-0.05, 0) is 24.6 Å². The summed E-state index contributed by atoms with van der Waals surface area (Å²) >= 11 is 0. The SMILES string of the molecule is CNC(=O)c1ccc(CN(C)C(=O)C(C)C(=O)O)cc1. The minimum Gasteiger partial charge on any atom is -0.481 e. The van der Waals surface area contributed by atoms with E-state index in [0.29, 0.717) is 12.1 Å². The van der Waals surface area contributed by atoms with Crippen LogP contribution in [-0.2, 0) is 16.1 Å². The molecule has 0 radical (unpaired) electrons. The largest absolute Gasteiger partial charge is 0.481 e. The lowest BCUT2D eigenvalue weighted by atomic mass is 10.1. The van der Waals surface area contributed by atoms with E-state index in [1.165, 1.54) is 11.8 Å². The zero-order valence-corrected chi connectivity index (χ0v) is 11.7. The van der Waals surface area contributed by atoms with Crippen molar-refractivity contribution in [3.8, 4) is 0 Å². The lowest BCUT2D eigenvalue weighted by Crippen LogP contribution is -2.34. The average molecular weight is 278 g/mol. The standard InChI is InChI=1S/C14H18N2O4/c1-9(14(19)20)13(18)16(3)8-10-4-6-11(7-5-10)12(17)15-2/h4-7,9H,8H2,1-3H3,(H,15,17)(H,19,20). The van der Waals surface area contributed by atoms with E-state index in [-0.39, 0.29) is 5.91 Å². The van der Waals surface area contributed by atoms with E-state index >= 15 is 0 Å². The lowest BCUT2D eigenvalue weighted by Gasteiger charge is -2.19. The van der Waals surface area contributed by atoms with Crippen LogP contribution in [-0.4, -0.2) is 41.9 Å². The third-order valence-corrected chi connectivity index (χ3v) is 2.98. The van der Waals surface area contributed by atoms with Gasteiger partial charge in [0, 0.05) is 26.2 Å². The van der Waals surface area contributed by atoms with E-state index in [0.717, 1.165) is 5.56 Å². The molecule has 0 aliphatic rings. The van der Waals surface area contributed by atoms with Gasteiger partial charge in [-0.2, -0.15) is 0 Å². The highest BCUT2D eigenvalue weighted by Crippen LogP contribution is 2.09. The second-order valence-corrected chi connectivity index (χ2v) is 4.53. The summed E-state index contributed by atoms with van der Waals surface area (Å²) in [6, 6.07) is 6.79. The van der Waals surface area contributed by atoms with Crippen LogP contribution in [0.1, 0.15) is 22.8 Å². The van der Waals surface area contributed by atoms with E-state index in [9.17, 15) is 14.4 Å². The van der Waals surface area contributed by atoms with Crippen LogP contribution in [0.15, 0.2) is 24.3 Å². The fraction of sp³-hybridized carbons (Fsp3) is 0.357. The Bertz CT molecular complexity index is 510. The number of amides is 2. The Morgan fingerprint density at radius 3 is 2.25 bits per heavy atom. The van der Waals surface area contributed by atoms with Crippen molar-refractivity contribution in [2.75, 3.05) is 14.1 Å². The molecule has 0 saturated heterocycles. The summed E-state index contributed by atoms with van der Waals surface area (Å²) in [5.74, 6) is -2.84. The summed E-state index contributed by atoms with van der Waals surface area (Å²) in [5.41, 5.74) is 1.36. The Balaban J connectivity index is 2.71. The monoisotopic (exact) mass is 278 g/mol. The van der Waals surface area contributed by atoms with E-state index in [4.69, 9.17) is 5.11 Å². The van der Waals surface area contributed by atoms with Gasteiger partial charge in [-0.25, -0.2) is 0 Å². The van der Waals surface area contributed by atoms with Crippen LogP contribution in [0, 0.1) is 5.92 Å². The molecule has 0 spiro atoms. The predicted molar refractivity (Wildman–Crippen MR) is 73.1 cm³/mol. The van der Waals surface area contributed by atoms with Crippen molar-refractivity contribution in [1.82, 2.24) is 10.2 Å². The quantitative estimate of drug-likeness (QED) is 0.777. The number of nitrogens with one attached hydrogen (secondary N) is 1. The van der Waals surface area contributed by atoms with Crippen molar-refractivity contribution >= 4 is 17.8 Å². The summed E-state index contributed by atoms with van der Waals surface area (Å²) in [7, 11) is 3.10. The Labute approximate surface area is 117 Å². The average Bonchev–Trinajstić information content (AvgIpc) is 2.45. The van der Waals surface area contributed by atoms with Gasteiger partial charge in [0.05, 0.1) is 0 Å². The second-order valence-electron chi connectivity index (χ2n) is 4.53. The maximum Gasteiger partial charge on any atom is 0.315 e. The number of rotatable bonds is 5. The van der Waals surface area contributed by atoms with Gasteiger partial charge < -0.3 is 15.3 Å². The minimum atomic E-state index is -1.14. The number of aliphatic carboxylic acids is 1. The highest BCUT2D eigenvalue weighted by Gasteiger charge is 2.23. The first-order valence-electron chi connectivity index (χ1n) is 6.15. The van der Waals surface area contributed by atoms with E-state index in [2.05, 4.69) is 5.32 Å². The molecule has 0 aromatic heterocycles. The number of hydrogen-bond donors (Lipinski definition) is 2. The third-order valence-electron chi connectivity index (χ3n) is 2.98. The molecule has 20 heavy (non-hydrogen) atoms. The molecule has 6 heteroatoms.